The Kier molecular flexibility index (Phi) is 3.58. The Morgan fingerprint density at radius 2 is 2.22 bits per heavy atom. The molecule has 3 nitrogen and oxygen atoms in total. The van der Waals surface area contributed by atoms with Gasteiger partial charge in [0.15, 0.2) is 0 Å². The van der Waals surface area contributed by atoms with Gasteiger partial charge in [-0.25, -0.2) is 0 Å². The van der Waals surface area contributed by atoms with Crippen LogP contribution < -0.4 is 10.2 Å². The van der Waals surface area contributed by atoms with Crippen LogP contribution >= 0.6 is 0 Å². The van der Waals surface area contributed by atoms with Gasteiger partial charge < -0.3 is 10.2 Å². The number of rotatable bonds is 3. The molecule has 1 N–H and O–H groups in total. The van der Waals surface area contributed by atoms with E-state index in [0.717, 1.165) is 19.4 Å². The van der Waals surface area contributed by atoms with Crippen molar-refractivity contribution in [3.05, 3.63) is 29.8 Å². The predicted octanol–water partition coefficient (Wildman–Crippen LogP) is 2.33. The van der Waals surface area contributed by atoms with Crippen molar-refractivity contribution in [2.45, 2.75) is 38.3 Å². The van der Waals surface area contributed by atoms with Crippen LogP contribution in [0.5, 0.6) is 0 Å². The number of benzene rings is 1. The second-order valence-corrected chi connectivity index (χ2v) is 5.34. The zero-order chi connectivity index (χ0) is 13.2. The van der Waals surface area contributed by atoms with E-state index in [0.29, 0.717) is 6.04 Å². The van der Waals surface area contributed by atoms with Crippen LogP contribution in [-0.4, -0.2) is 25.2 Å². The molecule has 1 aliphatic heterocycles. The number of nitrogens with one attached hydrogen (secondary N) is 1. The molecule has 0 aliphatic carbocycles. The molecule has 1 aliphatic rings. The van der Waals surface area contributed by atoms with Gasteiger partial charge in [-0.15, -0.1) is 0 Å². The maximum absolute atomic E-state index is 9.31. The Hall–Kier alpha value is -1.53. The average molecular weight is 243 g/mol. The van der Waals surface area contributed by atoms with Crippen LogP contribution in [-0.2, 0) is 6.42 Å². The lowest BCUT2D eigenvalue weighted by Crippen LogP contribution is -2.52. The number of nitrogens with zero attached hydrogens (tertiary/aromatic N) is 2. The molecule has 0 bridgehead atoms. The third kappa shape index (κ3) is 2.34. The number of nitriles is 1. The quantitative estimate of drug-likeness (QED) is 0.885. The van der Waals surface area contributed by atoms with Crippen LogP contribution in [0, 0.1) is 11.3 Å². The van der Waals surface area contributed by atoms with Crippen molar-refractivity contribution >= 4 is 5.69 Å². The van der Waals surface area contributed by atoms with Crippen molar-refractivity contribution in [3.63, 3.8) is 0 Å². The van der Waals surface area contributed by atoms with E-state index in [2.05, 4.69) is 47.5 Å². The van der Waals surface area contributed by atoms with Crippen molar-refractivity contribution in [2.24, 2.45) is 0 Å². The summed E-state index contributed by atoms with van der Waals surface area (Å²) in [4.78, 5) is 2.36. The Morgan fingerprint density at radius 1 is 1.50 bits per heavy atom. The summed E-state index contributed by atoms with van der Waals surface area (Å²) in [5.74, 6) is 0. The summed E-state index contributed by atoms with van der Waals surface area (Å²) in [6, 6.07) is 11.4. The summed E-state index contributed by atoms with van der Waals surface area (Å²) in [7, 11) is 1.85. The molecule has 0 spiro atoms. The van der Waals surface area contributed by atoms with Crippen LogP contribution in [0.15, 0.2) is 24.3 Å². The number of hydrogen-bond donors (Lipinski definition) is 1. The second-order valence-electron chi connectivity index (χ2n) is 5.34. The number of anilines is 1. The molecule has 1 aromatic carbocycles. The van der Waals surface area contributed by atoms with Gasteiger partial charge in [0, 0.05) is 18.3 Å². The fourth-order valence-corrected chi connectivity index (χ4v) is 2.51. The zero-order valence-corrected chi connectivity index (χ0v) is 11.4. The molecule has 3 heteroatoms. The Balaban J connectivity index is 2.30. The lowest BCUT2D eigenvalue weighted by Gasteiger charge is -2.40. The first-order valence-corrected chi connectivity index (χ1v) is 6.54. The van der Waals surface area contributed by atoms with Crippen molar-refractivity contribution in [1.82, 2.24) is 5.32 Å². The number of likely N-dealkylation sites (N-methyl/N-ethyl adjacent to an activating group) is 1. The first-order chi connectivity index (χ1) is 8.59. The highest BCUT2D eigenvalue weighted by Crippen LogP contribution is 2.31. The molecule has 2 rings (SSSR count). The normalized spacial score (nSPS) is 21.9. The average Bonchev–Trinajstić information content (AvgIpc) is 2.42. The highest BCUT2D eigenvalue weighted by molar-refractivity contribution is 5.57. The molecule has 0 amide bonds. The summed E-state index contributed by atoms with van der Waals surface area (Å²) in [6.07, 6.45) is 2.29. The number of aryl methyl sites for hydroxylation is 1. The molecule has 0 radical (unpaired) electrons. The number of para-hydroxylation sites is 1. The molecule has 1 heterocycles. The summed E-state index contributed by atoms with van der Waals surface area (Å²) in [5.41, 5.74) is 2.18. The molecule has 96 valence electrons. The van der Waals surface area contributed by atoms with Crippen molar-refractivity contribution in [3.8, 4) is 6.07 Å². The highest BCUT2D eigenvalue weighted by atomic mass is 15.2. The fourth-order valence-electron chi connectivity index (χ4n) is 2.51. The van der Waals surface area contributed by atoms with Gasteiger partial charge in [0.2, 0.25) is 0 Å². The van der Waals surface area contributed by atoms with Gasteiger partial charge in [-0.05, 0) is 45.4 Å². The van der Waals surface area contributed by atoms with E-state index < -0.39 is 5.54 Å². The lowest BCUT2D eigenvalue weighted by atomic mass is 9.94. The van der Waals surface area contributed by atoms with Crippen LogP contribution in [0.3, 0.4) is 0 Å². The SMILES string of the molecule is CNC(C)(C#N)CN1c2ccccc2CCC1C. The topological polar surface area (TPSA) is 39.1 Å². The minimum Gasteiger partial charge on any atom is -0.366 e. The van der Waals surface area contributed by atoms with E-state index in [-0.39, 0.29) is 0 Å². The molecule has 0 saturated carbocycles. The van der Waals surface area contributed by atoms with Gasteiger partial charge in [0.05, 0.1) is 6.07 Å². The molecule has 2 unspecified atom stereocenters. The number of fused-ring (bicyclic) bond motifs is 1. The smallest absolute Gasteiger partial charge is 0.121 e. The van der Waals surface area contributed by atoms with Gasteiger partial charge in [0.1, 0.15) is 5.54 Å². The molecule has 2 atom stereocenters. The Labute approximate surface area is 109 Å². The predicted molar refractivity (Wildman–Crippen MR) is 74.6 cm³/mol. The van der Waals surface area contributed by atoms with Gasteiger partial charge >= 0.3 is 0 Å². The first-order valence-electron chi connectivity index (χ1n) is 6.54. The minimum absolute atomic E-state index is 0.487. The van der Waals surface area contributed by atoms with E-state index in [1.54, 1.807) is 0 Å². The molecular formula is C15H21N3. The maximum atomic E-state index is 9.31. The van der Waals surface area contributed by atoms with Gasteiger partial charge in [-0.1, -0.05) is 18.2 Å². The molecule has 18 heavy (non-hydrogen) atoms. The monoisotopic (exact) mass is 243 g/mol. The van der Waals surface area contributed by atoms with E-state index >= 15 is 0 Å². The molecule has 0 fully saturated rings. The Bertz CT molecular complexity index is 463. The van der Waals surface area contributed by atoms with E-state index in [9.17, 15) is 5.26 Å². The molecule has 1 aromatic rings. The summed E-state index contributed by atoms with van der Waals surface area (Å²) >= 11 is 0. The van der Waals surface area contributed by atoms with Crippen LogP contribution in [0.2, 0.25) is 0 Å². The van der Waals surface area contributed by atoms with E-state index in [1.165, 1.54) is 11.3 Å². The van der Waals surface area contributed by atoms with Gasteiger partial charge in [-0.3, -0.25) is 0 Å². The van der Waals surface area contributed by atoms with Crippen LogP contribution in [0.4, 0.5) is 5.69 Å². The molecule has 0 saturated heterocycles. The minimum atomic E-state index is -0.501. The van der Waals surface area contributed by atoms with Crippen LogP contribution in [0.1, 0.15) is 25.8 Å². The highest BCUT2D eigenvalue weighted by Gasteiger charge is 2.30. The molecule has 0 aromatic heterocycles. The van der Waals surface area contributed by atoms with Crippen LogP contribution in [0.25, 0.3) is 0 Å². The molecular weight excluding hydrogens is 222 g/mol. The van der Waals surface area contributed by atoms with Gasteiger partial charge in [-0.2, -0.15) is 5.26 Å². The van der Waals surface area contributed by atoms with E-state index in [1.807, 2.05) is 14.0 Å². The lowest BCUT2D eigenvalue weighted by molar-refractivity contribution is 0.443. The summed E-state index contributed by atoms with van der Waals surface area (Å²) in [5, 5.41) is 12.4. The second kappa shape index (κ2) is 4.99. The standard InChI is InChI=1S/C15H21N3/c1-12-8-9-13-6-4-5-7-14(13)18(12)11-15(2,10-16)17-3/h4-7,12,17H,8-9,11H2,1-3H3. The first kappa shape index (κ1) is 12.9. The van der Waals surface area contributed by atoms with Crippen molar-refractivity contribution < 1.29 is 0 Å². The zero-order valence-electron chi connectivity index (χ0n) is 11.4. The maximum Gasteiger partial charge on any atom is 0.121 e. The third-order valence-electron chi connectivity index (χ3n) is 3.95. The van der Waals surface area contributed by atoms with Crippen molar-refractivity contribution in [1.29, 1.82) is 5.26 Å². The van der Waals surface area contributed by atoms with Crippen molar-refractivity contribution in [2.75, 3.05) is 18.5 Å². The summed E-state index contributed by atoms with van der Waals surface area (Å²) < 4.78 is 0. The number of hydrogen-bond acceptors (Lipinski definition) is 3. The fraction of sp³-hybridized carbons (Fsp3) is 0.533. The third-order valence-corrected chi connectivity index (χ3v) is 3.95. The van der Waals surface area contributed by atoms with Gasteiger partial charge in [0.25, 0.3) is 0 Å². The van der Waals surface area contributed by atoms with E-state index in [4.69, 9.17) is 0 Å². The summed E-state index contributed by atoms with van der Waals surface area (Å²) in [6.45, 7) is 4.92. The Morgan fingerprint density at radius 3 is 2.89 bits per heavy atom. The largest absolute Gasteiger partial charge is 0.366 e.